The number of hydrogen-bond donors (Lipinski definition) is 1. The number of benzene rings is 1. The van der Waals surface area contributed by atoms with Gasteiger partial charge in [0.25, 0.3) is 0 Å². The first-order valence-corrected chi connectivity index (χ1v) is 6.34. The Hall–Kier alpha value is -2.03. The van der Waals surface area contributed by atoms with Crippen molar-refractivity contribution in [1.82, 2.24) is 4.57 Å². The second kappa shape index (κ2) is 4.09. The Labute approximate surface area is 99.7 Å². The number of hydrogen-bond acceptors (Lipinski definition) is 2. The maximum atomic E-state index is 11.5. The van der Waals surface area contributed by atoms with E-state index in [0.717, 1.165) is 0 Å². The lowest BCUT2D eigenvalue weighted by Gasteiger charge is -2.11. The van der Waals surface area contributed by atoms with Crippen LogP contribution in [0.25, 0.3) is 5.69 Å². The van der Waals surface area contributed by atoms with E-state index in [1.807, 2.05) is 0 Å². The second-order valence-corrected chi connectivity index (χ2v) is 4.96. The van der Waals surface area contributed by atoms with Gasteiger partial charge in [-0.1, -0.05) is 12.0 Å². The molecule has 0 aliphatic heterocycles. The smallest absolute Gasteiger partial charge is 0.240 e. The molecule has 0 spiro atoms. The Morgan fingerprint density at radius 3 is 2.35 bits per heavy atom. The van der Waals surface area contributed by atoms with Crippen LogP contribution in [0.2, 0.25) is 0 Å². The summed E-state index contributed by atoms with van der Waals surface area (Å²) in [6, 6.07) is 8.23. The van der Waals surface area contributed by atoms with Crippen LogP contribution >= 0.6 is 0 Å². The predicted octanol–water partition coefficient (Wildman–Crippen LogP) is 1.11. The minimum Gasteiger partial charge on any atom is -0.322 e. The number of nitrogens with two attached hydrogens (primary N) is 1. The Morgan fingerprint density at radius 2 is 1.82 bits per heavy atom. The van der Waals surface area contributed by atoms with Crippen LogP contribution in [0.3, 0.4) is 0 Å². The normalized spacial score (nSPS) is 11.1. The van der Waals surface area contributed by atoms with Crippen molar-refractivity contribution in [2.24, 2.45) is 5.14 Å². The van der Waals surface area contributed by atoms with Crippen LogP contribution < -0.4 is 5.14 Å². The van der Waals surface area contributed by atoms with Gasteiger partial charge in [-0.15, -0.1) is 6.42 Å². The molecule has 0 atom stereocenters. The average molecular weight is 246 g/mol. The van der Waals surface area contributed by atoms with Gasteiger partial charge in [-0.25, -0.2) is 13.6 Å². The fraction of sp³-hybridized carbons (Fsp3) is 0. The summed E-state index contributed by atoms with van der Waals surface area (Å²) in [5.74, 6) is 2.46. The van der Waals surface area contributed by atoms with Crippen LogP contribution in [-0.4, -0.2) is 13.0 Å². The van der Waals surface area contributed by atoms with Crippen molar-refractivity contribution in [3.63, 3.8) is 0 Å². The van der Waals surface area contributed by atoms with Crippen molar-refractivity contribution < 1.29 is 8.42 Å². The van der Waals surface area contributed by atoms with Gasteiger partial charge in [-0.05, 0) is 24.3 Å². The highest BCUT2D eigenvalue weighted by Crippen LogP contribution is 2.22. The molecule has 17 heavy (non-hydrogen) atoms. The zero-order chi connectivity index (χ0) is 12.5. The van der Waals surface area contributed by atoms with Gasteiger partial charge in [-0.2, -0.15) is 0 Å². The van der Waals surface area contributed by atoms with E-state index in [1.165, 1.54) is 6.07 Å². The fourth-order valence-electron chi connectivity index (χ4n) is 1.62. The summed E-state index contributed by atoms with van der Waals surface area (Å²) in [5, 5.41) is 5.18. The fourth-order valence-corrected chi connectivity index (χ4v) is 2.37. The van der Waals surface area contributed by atoms with Crippen molar-refractivity contribution in [2.45, 2.75) is 4.90 Å². The molecule has 0 saturated heterocycles. The summed E-state index contributed by atoms with van der Waals surface area (Å²) < 4.78 is 24.7. The topological polar surface area (TPSA) is 65.1 Å². The number of aromatic nitrogens is 1. The molecule has 0 aliphatic carbocycles. The molecule has 0 bridgehead atoms. The molecule has 86 valence electrons. The quantitative estimate of drug-likeness (QED) is 0.806. The summed E-state index contributed by atoms with van der Waals surface area (Å²) in [6.45, 7) is 0. The highest BCUT2D eigenvalue weighted by atomic mass is 32.2. The van der Waals surface area contributed by atoms with Crippen LogP contribution in [0.5, 0.6) is 0 Å². The number of nitrogens with zero attached hydrogens (tertiary/aromatic N) is 1. The summed E-state index contributed by atoms with van der Waals surface area (Å²) in [5.41, 5.74) is 0.884. The standard InChI is InChI=1S/C12H10N2O2S/c1-2-10-6-5-7-11(17(13,15)16)12(10)14-8-3-4-9-14/h1,3-9H,(H2,13,15,16). The van der Waals surface area contributed by atoms with Crippen LogP contribution in [0, 0.1) is 12.3 Å². The van der Waals surface area contributed by atoms with Crippen molar-refractivity contribution in [2.75, 3.05) is 0 Å². The molecule has 0 unspecified atom stereocenters. The van der Waals surface area contributed by atoms with Gasteiger partial charge >= 0.3 is 0 Å². The van der Waals surface area contributed by atoms with Gasteiger partial charge < -0.3 is 4.57 Å². The maximum Gasteiger partial charge on any atom is 0.240 e. The SMILES string of the molecule is C#Cc1cccc(S(N)(=O)=O)c1-n1cccc1. The first-order chi connectivity index (χ1) is 8.04. The van der Waals surface area contributed by atoms with Crippen LogP contribution in [-0.2, 0) is 10.0 Å². The molecule has 0 aliphatic rings. The lowest BCUT2D eigenvalue weighted by molar-refractivity contribution is 0.597. The van der Waals surface area contributed by atoms with Gasteiger partial charge in [0.05, 0.1) is 5.69 Å². The summed E-state index contributed by atoms with van der Waals surface area (Å²) >= 11 is 0. The molecule has 1 aromatic heterocycles. The van der Waals surface area contributed by atoms with E-state index < -0.39 is 10.0 Å². The summed E-state index contributed by atoms with van der Waals surface area (Å²) in [6.07, 6.45) is 8.80. The van der Waals surface area contributed by atoms with Gasteiger partial charge in [0.2, 0.25) is 10.0 Å². The molecule has 5 heteroatoms. The molecule has 2 N–H and O–H groups in total. The van der Waals surface area contributed by atoms with E-state index in [0.29, 0.717) is 11.3 Å². The molecule has 0 fully saturated rings. The lowest BCUT2D eigenvalue weighted by atomic mass is 10.2. The monoisotopic (exact) mass is 246 g/mol. The van der Waals surface area contributed by atoms with Gasteiger partial charge in [0.1, 0.15) is 4.90 Å². The van der Waals surface area contributed by atoms with Crippen molar-refractivity contribution in [3.05, 3.63) is 48.3 Å². The Balaban J connectivity index is 2.84. The molecule has 1 aromatic carbocycles. The molecular weight excluding hydrogens is 236 g/mol. The first-order valence-electron chi connectivity index (χ1n) is 4.80. The van der Waals surface area contributed by atoms with Gasteiger partial charge in [-0.3, -0.25) is 0 Å². The molecular formula is C12H10N2O2S. The highest BCUT2D eigenvalue weighted by Gasteiger charge is 2.17. The highest BCUT2D eigenvalue weighted by molar-refractivity contribution is 7.89. The zero-order valence-electron chi connectivity index (χ0n) is 8.87. The zero-order valence-corrected chi connectivity index (χ0v) is 9.68. The number of sulfonamides is 1. The maximum absolute atomic E-state index is 11.5. The molecule has 2 rings (SSSR count). The van der Waals surface area contributed by atoms with Crippen LogP contribution in [0.4, 0.5) is 0 Å². The van der Waals surface area contributed by atoms with E-state index >= 15 is 0 Å². The number of primary sulfonamides is 1. The third kappa shape index (κ3) is 2.09. The molecule has 0 amide bonds. The summed E-state index contributed by atoms with van der Waals surface area (Å²) in [4.78, 5) is 0.0177. The number of terminal acetylenes is 1. The van der Waals surface area contributed by atoms with Crippen molar-refractivity contribution >= 4 is 10.0 Å². The van der Waals surface area contributed by atoms with E-state index in [9.17, 15) is 8.42 Å². The molecule has 0 saturated carbocycles. The molecule has 0 radical (unpaired) electrons. The molecule has 2 aromatic rings. The Kier molecular flexibility index (Phi) is 2.76. The number of para-hydroxylation sites is 1. The molecule has 1 heterocycles. The third-order valence-electron chi connectivity index (χ3n) is 2.32. The lowest BCUT2D eigenvalue weighted by Crippen LogP contribution is -2.15. The largest absolute Gasteiger partial charge is 0.322 e. The third-order valence-corrected chi connectivity index (χ3v) is 3.27. The Bertz CT molecular complexity index is 680. The van der Waals surface area contributed by atoms with Gasteiger partial charge in [0.15, 0.2) is 0 Å². The van der Waals surface area contributed by atoms with Gasteiger partial charge in [0, 0.05) is 18.0 Å². The first kappa shape index (κ1) is 11.5. The van der Waals surface area contributed by atoms with E-state index in [4.69, 9.17) is 11.6 Å². The minimum atomic E-state index is -3.81. The van der Waals surface area contributed by atoms with Crippen molar-refractivity contribution in [3.8, 4) is 18.0 Å². The average Bonchev–Trinajstić information content (AvgIpc) is 2.80. The van der Waals surface area contributed by atoms with E-state index in [2.05, 4.69) is 5.92 Å². The number of rotatable bonds is 2. The molecule has 4 nitrogen and oxygen atoms in total. The van der Waals surface area contributed by atoms with Crippen LogP contribution in [0.15, 0.2) is 47.6 Å². The summed E-state index contributed by atoms with van der Waals surface area (Å²) in [7, 11) is -3.81. The minimum absolute atomic E-state index is 0.0177. The Morgan fingerprint density at radius 1 is 1.18 bits per heavy atom. The van der Waals surface area contributed by atoms with E-state index in [-0.39, 0.29) is 4.90 Å². The van der Waals surface area contributed by atoms with Crippen LogP contribution in [0.1, 0.15) is 5.56 Å². The van der Waals surface area contributed by atoms with E-state index in [1.54, 1.807) is 41.2 Å². The predicted molar refractivity (Wildman–Crippen MR) is 65.1 cm³/mol. The second-order valence-electron chi connectivity index (χ2n) is 3.43. The van der Waals surface area contributed by atoms with Crippen molar-refractivity contribution in [1.29, 1.82) is 0 Å².